The average molecular weight is 257 g/mol. The Labute approximate surface area is 103 Å². The first-order valence-corrected chi connectivity index (χ1v) is 5.83. The monoisotopic (exact) mass is 257 g/mol. The molecule has 1 saturated carbocycles. The molecule has 5 heteroatoms. The largest absolute Gasteiger partial charge is 0.353 e. The van der Waals surface area contributed by atoms with Gasteiger partial charge in [-0.15, -0.1) is 0 Å². The Hall–Kier alpha value is -1.52. The van der Waals surface area contributed by atoms with Gasteiger partial charge in [-0.1, -0.05) is 6.07 Å². The molecule has 98 valence electrons. The van der Waals surface area contributed by atoms with Crippen molar-refractivity contribution in [1.29, 1.82) is 0 Å². The SMILES string of the molecule is CC(C)NC(=O)C1(c2ccc(F)c(F)c2F)CC1. The minimum atomic E-state index is -1.52. The molecule has 2 rings (SSSR count). The van der Waals surface area contributed by atoms with Crippen LogP contribution in [-0.2, 0) is 10.2 Å². The van der Waals surface area contributed by atoms with Gasteiger partial charge in [-0.3, -0.25) is 4.79 Å². The molecule has 0 radical (unpaired) electrons. The second kappa shape index (κ2) is 4.30. The van der Waals surface area contributed by atoms with E-state index in [1.165, 1.54) is 0 Å². The van der Waals surface area contributed by atoms with E-state index in [-0.39, 0.29) is 17.5 Å². The van der Waals surface area contributed by atoms with E-state index in [0.29, 0.717) is 12.8 Å². The topological polar surface area (TPSA) is 29.1 Å². The predicted octanol–water partition coefficient (Wildman–Crippen LogP) is 2.66. The molecular weight excluding hydrogens is 243 g/mol. The zero-order valence-electron chi connectivity index (χ0n) is 10.2. The number of nitrogens with one attached hydrogen (secondary N) is 1. The summed E-state index contributed by atoms with van der Waals surface area (Å²) in [6, 6.07) is 1.93. The molecule has 0 aliphatic heterocycles. The van der Waals surface area contributed by atoms with Crippen LogP contribution in [0.4, 0.5) is 13.2 Å². The van der Waals surface area contributed by atoms with Crippen LogP contribution in [0.3, 0.4) is 0 Å². The summed E-state index contributed by atoms with van der Waals surface area (Å²) >= 11 is 0. The van der Waals surface area contributed by atoms with E-state index in [9.17, 15) is 18.0 Å². The van der Waals surface area contributed by atoms with Crippen LogP contribution in [0.1, 0.15) is 32.3 Å². The fraction of sp³-hybridized carbons (Fsp3) is 0.462. The third-order valence-corrected chi connectivity index (χ3v) is 3.16. The molecule has 0 bridgehead atoms. The molecule has 0 aromatic heterocycles. The minimum Gasteiger partial charge on any atom is -0.353 e. The molecule has 18 heavy (non-hydrogen) atoms. The first-order valence-electron chi connectivity index (χ1n) is 5.83. The number of hydrogen-bond acceptors (Lipinski definition) is 1. The highest BCUT2D eigenvalue weighted by Gasteiger charge is 2.53. The number of carbonyl (C=O) groups is 1. The van der Waals surface area contributed by atoms with Gasteiger partial charge in [0.05, 0.1) is 5.41 Å². The van der Waals surface area contributed by atoms with E-state index >= 15 is 0 Å². The van der Waals surface area contributed by atoms with Crippen molar-refractivity contribution in [1.82, 2.24) is 5.32 Å². The van der Waals surface area contributed by atoms with Gasteiger partial charge in [0.15, 0.2) is 17.5 Å². The van der Waals surface area contributed by atoms with Gasteiger partial charge in [-0.25, -0.2) is 13.2 Å². The molecule has 1 N–H and O–H groups in total. The van der Waals surface area contributed by atoms with Crippen LogP contribution in [0.25, 0.3) is 0 Å². The van der Waals surface area contributed by atoms with Crippen LogP contribution in [0.5, 0.6) is 0 Å². The fourth-order valence-electron chi connectivity index (χ4n) is 2.04. The Morgan fingerprint density at radius 1 is 1.22 bits per heavy atom. The minimum absolute atomic E-state index is 0.0560. The molecule has 0 atom stereocenters. The normalized spacial score (nSPS) is 16.8. The lowest BCUT2D eigenvalue weighted by molar-refractivity contribution is -0.124. The summed E-state index contributed by atoms with van der Waals surface area (Å²) in [5.74, 6) is -4.35. The van der Waals surface area contributed by atoms with Gasteiger partial charge in [-0.2, -0.15) is 0 Å². The molecule has 1 amide bonds. The molecular formula is C13H14F3NO. The van der Waals surface area contributed by atoms with Crippen molar-refractivity contribution < 1.29 is 18.0 Å². The first-order chi connectivity index (χ1) is 8.38. The van der Waals surface area contributed by atoms with E-state index in [0.717, 1.165) is 12.1 Å². The Morgan fingerprint density at radius 3 is 2.33 bits per heavy atom. The molecule has 1 aromatic carbocycles. The Balaban J connectivity index is 2.37. The summed E-state index contributed by atoms with van der Waals surface area (Å²) in [4.78, 5) is 12.0. The summed E-state index contributed by atoms with van der Waals surface area (Å²) in [6.07, 6.45) is 0.904. The van der Waals surface area contributed by atoms with E-state index in [4.69, 9.17) is 0 Å². The van der Waals surface area contributed by atoms with Crippen molar-refractivity contribution in [3.63, 3.8) is 0 Å². The van der Waals surface area contributed by atoms with Crippen molar-refractivity contribution in [2.24, 2.45) is 0 Å². The highest BCUT2D eigenvalue weighted by atomic mass is 19.2. The van der Waals surface area contributed by atoms with E-state index in [2.05, 4.69) is 5.32 Å². The van der Waals surface area contributed by atoms with Crippen LogP contribution in [0.15, 0.2) is 12.1 Å². The van der Waals surface area contributed by atoms with Gasteiger partial charge < -0.3 is 5.32 Å². The average Bonchev–Trinajstić information content (AvgIpc) is 3.06. The van der Waals surface area contributed by atoms with Gasteiger partial charge in [0.1, 0.15) is 0 Å². The standard InChI is InChI=1S/C13H14F3NO/c1-7(2)17-12(18)13(5-6-13)8-3-4-9(14)11(16)10(8)15/h3-4,7H,5-6H2,1-2H3,(H,17,18). The summed E-state index contributed by atoms with van der Waals surface area (Å²) in [5, 5.41) is 2.68. The number of hydrogen-bond donors (Lipinski definition) is 1. The third-order valence-electron chi connectivity index (χ3n) is 3.16. The van der Waals surface area contributed by atoms with Gasteiger partial charge in [-0.05, 0) is 32.8 Å². The molecule has 0 spiro atoms. The number of amides is 1. The molecule has 1 aromatic rings. The highest BCUT2D eigenvalue weighted by Crippen LogP contribution is 2.49. The zero-order chi connectivity index (χ0) is 13.5. The van der Waals surface area contributed by atoms with Crippen LogP contribution >= 0.6 is 0 Å². The van der Waals surface area contributed by atoms with Crippen molar-refractivity contribution in [2.45, 2.75) is 38.1 Å². The second-order valence-electron chi connectivity index (χ2n) is 4.93. The Morgan fingerprint density at radius 2 is 1.83 bits per heavy atom. The van der Waals surface area contributed by atoms with Crippen LogP contribution in [-0.4, -0.2) is 11.9 Å². The van der Waals surface area contributed by atoms with Crippen LogP contribution in [0, 0.1) is 17.5 Å². The van der Waals surface area contributed by atoms with E-state index in [1.54, 1.807) is 13.8 Å². The van der Waals surface area contributed by atoms with Crippen molar-refractivity contribution >= 4 is 5.91 Å². The number of carbonyl (C=O) groups excluding carboxylic acids is 1. The van der Waals surface area contributed by atoms with Crippen LogP contribution in [0.2, 0.25) is 0 Å². The Bertz CT molecular complexity index is 495. The molecule has 1 aliphatic carbocycles. The van der Waals surface area contributed by atoms with Crippen molar-refractivity contribution in [3.05, 3.63) is 35.1 Å². The summed E-state index contributed by atoms with van der Waals surface area (Å²) in [5.41, 5.74) is -1.08. The summed E-state index contributed by atoms with van der Waals surface area (Å²) in [7, 11) is 0. The molecule has 0 unspecified atom stereocenters. The number of halogens is 3. The highest BCUT2D eigenvalue weighted by molar-refractivity contribution is 5.91. The maximum Gasteiger partial charge on any atom is 0.230 e. The second-order valence-corrected chi connectivity index (χ2v) is 4.93. The van der Waals surface area contributed by atoms with Gasteiger partial charge in [0.2, 0.25) is 5.91 Å². The van der Waals surface area contributed by atoms with Crippen molar-refractivity contribution in [2.75, 3.05) is 0 Å². The lowest BCUT2D eigenvalue weighted by Crippen LogP contribution is -2.39. The van der Waals surface area contributed by atoms with E-state index in [1.807, 2.05) is 0 Å². The number of benzene rings is 1. The maximum absolute atomic E-state index is 13.7. The molecule has 0 saturated heterocycles. The van der Waals surface area contributed by atoms with Crippen LogP contribution < -0.4 is 5.32 Å². The molecule has 1 aliphatic rings. The lowest BCUT2D eigenvalue weighted by atomic mass is 9.94. The van der Waals surface area contributed by atoms with Gasteiger partial charge in [0, 0.05) is 11.6 Å². The predicted molar refractivity (Wildman–Crippen MR) is 60.5 cm³/mol. The lowest BCUT2D eigenvalue weighted by Gasteiger charge is -2.18. The van der Waals surface area contributed by atoms with Gasteiger partial charge in [0.25, 0.3) is 0 Å². The maximum atomic E-state index is 13.7. The summed E-state index contributed by atoms with van der Waals surface area (Å²) < 4.78 is 39.8. The molecule has 0 heterocycles. The smallest absolute Gasteiger partial charge is 0.230 e. The first kappa shape index (κ1) is 12.9. The van der Waals surface area contributed by atoms with E-state index < -0.39 is 22.9 Å². The zero-order valence-corrected chi connectivity index (χ0v) is 10.2. The van der Waals surface area contributed by atoms with Crippen molar-refractivity contribution in [3.8, 4) is 0 Å². The molecule has 1 fully saturated rings. The fourth-order valence-corrected chi connectivity index (χ4v) is 2.04. The Kier molecular flexibility index (Phi) is 3.09. The number of rotatable bonds is 3. The third kappa shape index (κ3) is 1.98. The molecule has 2 nitrogen and oxygen atoms in total. The summed E-state index contributed by atoms with van der Waals surface area (Å²) in [6.45, 7) is 3.57. The van der Waals surface area contributed by atoms with Gasteiger partial charge >= 0.3 is 0 Å². The quantitative estimate of drug-likeness (QED) is 0.829.